The maximum atomic E-state index is 9.52. The lowest BCUT2D eigenvalue weighted by atomic mass is 10.0. The molecule has 0 saturated carbocycles. The molecule has 2 heterocycles. The van der Waals surface area contributed by atoms with Crippen molar-refractivity contribution < 1.29 is 0 Å². The molecular formula is C20H15N3. The molecule has 0 fully saturated rings. The third-order valence-electron chi connectivity index (χ3n) is 4.16. The summed E-state index contributed by atoms with van der Waals surface area (Å²) in [5, 5.41) is 10.7. The molecule has 110 valence electrons. The Bertz CT molecular complexity index is 1030. The van der Waals surface area contributed by atoms with Crippen molar-refractivity contribution in [2.24, 2.45) is 0 Å². The van der Waals surface area contributed by atoms with Crippen LogP contribution in [0.2, 0.25) is 0 Å². The van der Waals surface area contributed by atoms with Crippen molar-refractivity contribution in [2.45, 2.75) is 6.92 Å². The number of rotatable bonds is 2. The third-order valence-corrected chi connectivity index (χ3v) is 4.16. The number of H-pyrrole nitrogens is 1. The van der Waals surface area contributed by atoms with Crippen LogP contribution in [0.5, 0.6) is 0 Å². The average Bonchev–Trinajstić information content (AvgIpc) is 3.19. The van der Waals surface area contributed by atoms with Crippen molar-refractivity contribution in [1.82, 2.24) is 9.55 Å². The molecule has 1 N–H and O–H groups in total. The average molecular weight is 297 g/mol. The number of nitrogens with one attached hydrogen (secondary N) is 1. The fourth-order valence-electron chi connectivity index (χ4n) is 2.92. The smallest absolute Gasteiger partial charge is 0.101 e. The summed E-state index contributed by atoms with van der Waals surface area (Å²) in [7, 11) is 0. The molecule has 0 amide bonds. The van der Waals surface area contributed by atoms with Crippen molar-refractivity contribution in [3.8, 4) is 22.9 Å². The summed E-state index contributed by atoms with van der Waals surface area (Å²) in [6, 6.07) is 18.7. The molecule has 3 nitrogen and oxygen atoms in total. The van der Waals surface area contributed by atoms with Gasteiger partial charge in [-0.1, -0.05) is 35.9 Å². The Kier molecular flexibility index (Phi) is 3.03. The number of para-hydroxylation sites is 1. The highest BCUT2D eigenvalue weighted by Crippen LogP contribution is 2.32. The molecule has 0 bridgehead atoms. The van der Waals surface area contributed by atoms with Gasteiger partial charge < -0.3 is 9.55 Å². The Labute approximate surface area is 134 Å². The van der Waals surface area contributed by atoms with Crippen molar-refractivity contribution in [1.29, 1.82) is 5.26 Å². The number of nitrogens with zero attached hydrogens (tertiary/aromatic N) is 2. The molecule has 3 heteroatoms. The number of aryl methyl sites for hydroxylation is 1. The zero-order valence-corrected chi connectivity index (χ0v) is 12.7. The Morgan fingerprint density at radius 2 is 1.74 bits per heavy atom. The van der Waals surface area contributed by atoms with Gasteiger partial charge in [0.2, 0.25) is 0 Å². The van der Waals surface area contributed by atoms with E-state index < -0.39 is 0 Å². The summed E-state index contributed by atoms with van der Waals surface area (Å²) in [6.45, 7) is 2.07. The van der Waals surface area contributed by atoms with Gasteiger partial charge in [-0.05, 0) is 25.1 Å². The Morgan fingerprint density at radius 3 is 2.52 bits per heavy atom. The van der Waals surface area contributed by atoms with Crippen LogP contribution in [0.4, 0.5) is 0 Å². The van der Waals surface area contributed by atoms with Crippen LogP contribution in [0.3, 0.4) is 0 Å². The van der Waals surface area contributed by atoms with Crippen molar-refractivity contribution in [3.05, 3.63) is 78.2 Å². The lowest BCUT2D eigenvalue weighted by Gasteiger charge is -2.02. The zero-order chi connectivity index (χ0) is 15.8. The molecular weight excluding hydrogens is 282 g/mol. The summed E-state index contributed by atoms with van der Waals surface area (Å²) in [5.74, 6) is 0. The number of aromatic amines is 1. The number of benzene rings is 2. The number of aromatic nitrogens is 2. The van der Waals surface area contributed by atoms with Gasteiger partial charge in [0.1, 0.15) is 6.07 Å². The van der Waals surface area contributed by atoms with Crippen molar-refractivity contribution in [2.75, 3.05) is 0 Å². The fraction of sp³-hybridized carbons (Fsp3) is 0.0500. The first-order chi connectivity index (χ1) is 11.3. The fourth-order valence-corrected chi connectivity index (χ4v) is 2.92. The predicted molar refractivity (Wildman–Crippen MR) is 92.5 cm³/mol. The van der Waals surface area contributed by atoms with Crippen LogP contribution in [0.1, 0.15) is 11.1 Å². The minimum absolute atomic E-state index is 0.676. The van der Waals surface area contributed by atoms with E-state index in [2.05, 4.69) is 48.3 Å². The van der Waals surface area contributed by atoms with Gasteiger partial charge in [-0.25, -0.2) is 0 Å². The van der Waals surface area contributed by atoms with Crippen molar-refractivity contribution >= 4 is 10.9 Å². The van der Waals surface area contributed by atoms with Crippen LogP contribution in [-0.2, 0) is 0 Å². The van der Waals surface area contributed by atoms with Gasteiger partial charge in [-0.15, -0.1) is 0 Å². The summed E-state index contributed by atoms with van der Waals surface area (Å²) in [6.07, 6.45) is 5.89. The first-order valence-electron chi connectivity index (χ1n) is 7.52. The Hall–Kier alpha value is -3.25. The van der Waals surface area contributed by atoms with E-state index in [9.17, 15) is 5.26 Å². The quantitative estimate of drug-likeness (QED) is 0.567. The molecule has 0 radical (unpaired) electrons. The molecule has 0 spiro atoms. The SMILES string of the molecule is Cc1ccc(-n2cc(C#N)c(-c3c[nH]c4ccccc34)c2)cc1. The van der Waals surface area contributed by atoms with Crippen LogP contribution in [0.15, 0.2) is 67.1 Å². The maximum absolute atomic E-state index is 9.52. The predicted octanol–water partition coefficient (Wildman–Crippen LogP) is 4.81. The molecule has 4 rings (SSSR count). The van der Waals surface area contributed by atoms with Crippen LogP contribution < -0.4 is 0 Å². The van der Waals surface area contributed by atoms with E-state index in [0.717, 1.165) is 27.7 Å². The number of fused-ring (bicyclic) bond motifs is 1. The Morgan fingerprint density at radius 1 is 0.957 bits per heavy atom. The van der Waals surface area contributed by atoms with E-state index >= 15 is 0 Å². The summed E-state index contributed by atoms with van der Waals surface area (Å²) in [4.78, 5) is 3.28. The van der Waals surface area contributed by atoms with Gasteiger partial charge in [-0.3, -0.25) is 0 Å². The van der Waals surface area contributed by atoms with Crippen LogP contribution in [-0.4, -0.2) is 9.55 Å². The number of hydrogen-bond donors (Lipinski definition) is 1. The molecule has 0 aliphatic carbocycles. The van der Waals surface area contributed by atoms with Crippen LogP contribution in [0.25, 0.3) is 27.7 Å². The summed E-state index contributed by atoms with van der Waals surface area (Å²) >= 11 is 0. The van der Waals surface area contributed by atoms with Gasteiger partial charge in [0.05, 0.1) is 5.56 Å². The molecule has 0 unspecified atom stereocenters. The molecule has 4 aromatic rings. The molecule has 2 aromatic heterocycles. The lowest BCUT2D eigenvalue weighted by Crippen LogP contribution is -1.89. The second-order valence-corrected chi connectivity index (χ2v) is 5.69. The maximum Gasteiger partial charge on any atom is 0.101 e. The number of hydrogen-bond acceptors (Lipinski definition) is 1. The summed E-state index contributed by atoms with van der Waals surface area (Å²) < 4.78 is 2.01. The molecule has 0 saturated heterocycles. The van der Waals surface area contributed by atoms with Crippen molar-refractivity contribution in [3.63, 3.8) is 0 Å². The van der Waals surface area contributed by atoms with Gasteiger partial charge in [0, 0.05) is 46.3 Å². The number of nitriles is 1. The van der Waals surface area contributed by atoms with Gasteiger partial charge in [0.15, 0.2) is 0 Å². The van der Waals surface area contributed by atoms with Crippen LogP contribution in [0, 0.1) is 18.3 Å². The largest absolute Gasteiger partial charge is 0.361 e. The molecule has 2 aromatic carbocycles. The topological polar surface area (TPSA) is 44.5 Å². The zero-order valence-electron chi connectivity index (χ0n) is 12.7. The monoisotopic (exact) mass is 297 g/mol. The first kappa shape index (κ1) is 13.4. The third kappa shape index (κ3) is 2.21. The first-order valence-corrected chi connectivity index (χ1v) is 7.52. The normalized spacial score (nSPS) is 10.8. The van der Waals surface area contributed by atoms with Gasteiger partial charge in [-0.2, -0.15) is 5.26 Å². The lowest BCUT2D eigenvalue weighted by molar-refractivity contribution is 1.08. The molecule has 0 atom stereocenters. The van der Waals surface area contributed by atoms with E-state index in [1.54, 1.807) is 0 Å². The highest BCUT2D eigenvalue weighted by molar-refractivity contribution is 5.96. The molecule has 0 aliphatic heterocycles. The van der Waals surface area contributed by atoms with E-state index in [4.69, 9.17) is 0 Å². The van der Waals surface area contributed by atoms with Gasteiger partial charge >= 0.3 is 0 Å². The second-order valence-electron chi connectivity index (χ2n) is 5.69. The molecule has 23 heavy (non-hydrogen) atoms. The van der Waals surface area contributed by atoms with E-state index in [0.29, 0.717) is 5.56 Å². The van der Waals surface area contributed by atoms with E-state index in [1.807, 2.05) is 41.4 Å². The van der Waals surface area contributed by atoms with E-state index in [-0.39, 0.29) is 0 Å². The minimum atomic E-state index is 0.676. The van der Waals surface area contributed by atoms with E-state index in [1.165, 1.54) is 5.56 Å². The minimum Gasteiger partial charge on any atom is -0.361 e. The standard InChI is InChI=1S/C20H15N3/c1-14-6-8-16(9-7-14)23-12-15(10-21)19(13-23)18-11-22-20-5-3-2-4-17(18)20/h2-9,11-13,22H,1H3. The summed E-state index contributed by atoms with van der Waals surface area (Å²) in [5.41, 5.74) is 6.04. The Balaban J connectivity index is 1.89. The highest BCUT2D eigenvalue weighted by Gasteiger charge is 2.13. The van der Waals surface area contributed by atoms with Gasteiger partial charge in [0.25, 0.3) is 0 Å². The van der Waals surface area contributed by atoms with Crippen LogP contribution >= 0.6 is 0 Å². The second kappa shape index (κ2) is 5.19. The molecule has 0 aliphatic rings. The highest BCUT2D eigenvalue weighted by atomic mass is 14.9.